The highest BCUT2D eigenvalue weighted by Crippen LogP contribution is 2.34. The minimum atomic E-state index is 0.131. The van der Waals surface area contributed by atoms with Gasteiger partial charge in [-0.2, -0.15) is 11.8 Å². The first kappa shape index (κ1) is 16.3. The van der Waals surface area contributed by atoms with Gasteiger partial charge in [-0.1, -0.05) is 0 Å². The van der Waals surface area contributed by atoms with E-state index in [2.05, 4.69) is 36.8 Å². The Balaban J connectivity index is 1.79. The number of ether oxygens (including phenoxy) is 1. The predicted octanol–water partition coefficient (Wildman–Crippen LogP) is 4.40. The average Bonchev–Trinajstić information content (AvgIpc) is 3.16. The fourth-order valence-corrected chi connectivity index (χ4v) is 6.82. The third kappa shape index (κ3) is 3.86. The molecule has 2 atom stereocenters. The molecule has 0 saturated carbocycles. The van der Waals surface area contributed by atoms with E-state index in [4.69, 9.17) is 4.74 Å². The van der Waals surface area contributed by atoms with Crippen LogP contribution in [0.15, 0.2) is 13.6 Å². The van der Waals surface area contributed by atoms with Crippen LogP contribution in [0, 0.1) is 0 Å². The number of rotatable bonds is 4. The van der Waals surface area contributed by atoms with Gasteiger partial charge in [0.2, 0.25) is 0 Å². The molecule has 1 aromatic rings. The van der Waals surface area contributed by atoms with Gasteiger partial charge < -0.3 is 9.64 Å². The van der Waals surface area contributed by atoms with Crippen LogP contribution in [-0.4, -0.2) is 47.6 Å². The zero-order chi connectivity index (χ0) is 14.8. The van der Waals surface area contributed by atoms with E-state index in [-0.39, 0.29) is 12.0 Å². The van der Waals surface area contributed by atoms with E-state index in [1.54, 1.807) is 11.3 Å². The van der Waals surface area contributed by atoms with Crippen molar-refractivity contribution in [3.63, 3.8) is 0 Å². The molecule has 3 heterocycles. The lowest BCUT2D eigenvalue weighted by Gasteiger charge is -2.30. The zero-order valence-corrected chi connectivity index (χ0v) is 16.3. The first-order chi connectivity index (χ1) is 10.1. The second kappa shape index (κ2) is 7.34. The fourth-order valence-electron chi connectivity index (χ4n) is 2.81. The molecule has 3 rings (SSSR count). The van der Waals surface area contributed by atoms with E-state index in [1.807, 2.05) is 17.8 Å². The van der Waals surface area contributed by atoms with Crippen LogP contribution < -0.4 is 0 Å². The Morgan fingerprint density at radius 1 is 1.43 bits per heavy atom. The number of halogens is 2. The van der Waals surface area contributed by atoms with Crippen molar-refractivity contribution in [2.75, 3.05) is 24.7 Å². The van der Waals surface area contributed by atoms with Crippen LogP contribution in [0.3, 0.4) is 0 Å². The van der Waals surface area contributed by atoms with Crippen LogP contribution in [0.4, 0.5) is 0 Å². The molecule has 2 unspecified atom stereocenters. The minimum absolute atomic E-state index is 0.131. The lowest BCUT2D eigenvalue weighted by molar-refractivity contribution is 0.0441. The number of hydrogen-bond donors (Lipinski definition) is 0. The normalized spacial score (nSPS) is 25.4. The number of amides is 1. The van der Waals surface area contributed by atoms with Crippen LogP contribution in [-0.2, 0) is 4.74 Å². The minimum Gasteiger partial charge on any atom is -0.376 e. The van der Waals surface area contributed by atoms with Gasteiger partial charge in [-0.3, -0.25) is 4.79 Å². The summed E-state index contributed by atoms with van der Waals surface area (Å²) >= 11 is 10.5. The second-order valence-electron chi connectivity index (χ2n) is 5.35. The van der Waals surface area contributed by atoms with Gasteiger partial charge in [0.25, 0.3) is 5.91 Å². The Bertz CT molecular complexity index is 511. The standard InChI is InChI=1S/C14H17Br2NO2S2/c15-12-6-11(13(16)21-12)14(18)17(9-3-5-20-8-9)7-10-2-1-4-19-10/h6,9-10H,1-5,7-8H2. The van der Waals surface area contributed by atoms with Crippen LogP contribution in [0.25, 0.3) is 0 Å². The van der Waals surface area contributed by atoms with E-state index in [0.717, 1.165) is 57.1 Å². The Morgan fingerprint density at radius 2 is 2.29 bits per heavy atom. The molecule has 1 amide bonds. The summed E-state index contributed by atoms with van der Waals surface area (Å²) in [6.45, 7) is 1.56. The third-order valence-electron chi connectivity index (χ3n) is 3.92. The Kier molecular flexibility index (Phi) is 5.70. The topological polar surface area (TPSA) is 29.5 Å². The molecular weight excluding hydrogens is 438 g/mol. The van der Waals surface area contributed by atoms with Gasteiger partial charge in [-0.25, -0.2) is 0 Å². The molecule has 2 saturated heterocycles. The number of carbonyl (C=O) groups is 1. The quantitative estimate of drug-likeness (QED) is 0.675. The average molecular weight is 455 g/mol. The van der Waals surface area contributed by atoms with E-state index in [9.17, 15) is 4.79 Å². The van der Waals surface area contributed by atoms with Gasteiger partial charge in [0.05, 0.1) is 19.2 Å². The van der Waals surface area contributed by atoms with Crippen molar-refractivity contribution in [2.24, 2.45) is 0 Å². The highest BCUT2D eigenvalue weighted by molar-refractivity contribution is 9.12. The van der Waals surface area contributed by atoms with E-state index in [1.165, 1.54) is 0 Å². The van der Waals surface area contributed by atoms with Crippen molar-refractivity contribution in [3.05, 3.63) is 19.2 Å². The molecule has 0 N–H and O–H groups in total. The molecule has 2 aliphatic rings. The fraction of sp³-hybridized carbons (Fsp3) is 0.643. The van der Waals surface area contributed by atoms with Gasteiger partial charge in [0.15, 0.2) is 0 Å². The Morgan fingerprint density at radius 3 is 2.86 bits per heavy atom. The lowest BCUT2D eigenvalue weighted by atomic mass is 10.1. The summed E-state index contributed by atoms with van der Waals surface area (Å²) in [5.41, 5.74) is 0.766. The zero-order valence-electron chi connectivity index (χ0n) is 11.5. The molecule has 21 heavy (non-hydrogen) atoms. The summed E-state index contributed by atoms with van der Waals surface area (Å²) < 4.78 is 7.63. The van der Waals surface area contributed by atoms with Gasteiger partial charge in [0.1, 0.15) is 0 Å². The maximum absolute atomic E-state index is 13.0. The summed E-state index contributed by atoms with van der Waals surface area (Å²) in [5.74, 6) is 2.32. The largest absolute Gasteiger partial charge is 0.376 e. The molecule has 1 aromatic heterocycles. The second-order valence-corrected chi connectivity index (χ2v) is 10.2. The first-order valence-corrected chi connectivity index (χ1v) is 10.7. The monoisotopic (exact) mass is 453 g/mol. The molecule has 0 spiro atoms. The van der Waals surface area contributed by atoms with E-state index < -0.39 is 0 Å². The van der Waals surface area contributed by atoms with Gasteiger partial charge in [-0.05, 0) is 62.9 Å². The number of thioether (sulfide) groups is 1. The predicted molar refractivity (Wildman–Crippen MR) is 95.5 cm³/mol. The highest BCUT2D eigenvalue weighted by atomic mass is 79.9. The van der Waals surface area contributed by atoms with Crippen molar-refractivity contribution in [1.29, 1.82) is 0 Å². The summed E-state index contributed by atoms with van der Waals surface area (Å²) in [6.07, 6.45) is 3.48. The molecule has 7 heteroatoms. The molecule has 0 aliphatic carbocycles. The Labute approximate surface area is 150 Å². The highest BCUT2D eigenvalue weighted by Gasteiger charge is 2.32. The molecule has 0 aromatic carbocycles. The van der Waals surface area contributed by atoms with Gasteiger partial charge >= 0.3 is 0 Å². The summed E-state index contributed by atoms with van der Waals surface area (Å²) in [6, 6.07) is 2.26. The van der Waals surface area contributed by atoms with Crippen molar-refractivity contribution < 1.29 is 9.53 Å². The third-order valence-corrected chi connectivity index (χ3v) is 7.40. The van der Waals surface area contributed by atoms with Crippen molar-refractivity contribution >= 4 is 60.9 Å². The van der Waals surface area contributed by atoms with Crippen molar-refractivity contribution in [3.8, 4) is 0 Å². The van der Waals surface area contributed by atoms with Crippen LogP contribution in [0.2, 0.25) is 0 Å². The molecule has 0 radical (unpaired) electrons. The molecule has 0 bridgehead atoms. The smallest absolute Gasteiger partial charge is 0.256 e. The lowest BCUT2D eigenvalue weighted by Crippen LogP contribution is -2.44. The molecule has 2 fully saturated rings. The molecule has 3 nitrogen and oxygen atoms in total. The number of thiophene rings is 1. The molecule has 2 aliphatic heterocycles. The molecular formula is C14H17Br2NO2S2. The SMILES string of the molecule is O=C(c1cc(Br)sc1Br)N(CC1CCCO1)C1CCSC1. The van der Waals surface area contributed by atoms with Crippen molar-refractivity contribution in [1.82, 2.24) is 4.90 Å². The number of carbonyl (C=O) groups excluding carboxylic acids is 1. The van der Waals surface area contributed by atoms with Crippen molar-refractivity contribution in [2.45, 2.75) is 31.4 Å². The van der Waals surface area contributed by atoms with Crippen LogP contribution in [0.5, 0.6) is 0 Å². The maximum atomic E-state index is 13.0. The number of nitrogens with zero attached hydrogens (tertiary/aromatic N) is 1. The number of hydrogen-bond acceptors (Lipinski definition) is 4. The van der Waals surface area contributed by atoms with E-state index in [0.29, 0.717) is 6.04 Å². The maximum Gasteiger partial charge on any atom is 0.256 e. The molecule has 116 valence electrons. The van der Waals surface area contributed by atoms with Gasteiger partial charge in [-0.15, -0.1) is 11.3 Å². The Hall–Kier alpha value is 0.440. The summed E-state index contributed by atoms with van der Waals surface area (Å²) in [4.78, 5) is 15.0. The van der Waals surface area contributed by atoms with Crippen LogP contribution >= 0.6 is 55.0 Å². The van der Waals surface area contributed by atoms with E-state index >= 15 is 0 Å². The summed E-state index contributed by atoms with van der Waals surface area (Å²) in [5, 5.41) is 0. The van der Waals surface area contributed by atoms with Crippen LogP contribution in [0.1, 0.15) is 29.6 Å². The van der Waals surface area contributed by atoms with Gasteiger partial charge in [0, 0.05) is 24.9 Å². The summed E-state index contributed by atoms with van der Waals surface area (Å²) in [7, 11) is 0. The first-order valence-electron chi connectivity index (χ1n) is 7.10.